The molecule has 1 fully saturated rings. The van der Waals surface area contributed by atoms with Crippen molar-refractivity contribution in [2.75, 3.05) is 40.3 Å². The van der Waals surface area contributed by atoms with E-state index in [-0.39, 0.29) is 5.91 Å². The lowest BCUT2D eigenvalue weighted by Gasteiger charge is -2.18. The summed E-state index contributed by atoms with van der Waals surface area (Å²) in [5.41, 5.74) is 0.896. The van der Waals surface area contributed by atoms with Crippen LogP contribution in [0.3, 0.4) is 0 Å². The average Bonchev–Trinajstić information content (AvgIpc) is 2.69. The molecule has 1 amide bonds. The number of hydrogen-bond donors (Lipinski definition) is 0. The molecule has 1 aromatic rings. The normalized spacial score (nSPS) is 17.0. The molecule has 4 nitrogen and oxygen atoms in total. The van der Waals surface area contributed by atoms with Crippen molar-refractivity contribution in [1.82, 2.24) is 9.80 Å². The first-order chi connectivity index (χ1) is 10.1. The third-order valence-corrected chi connectivity index (χ3v) is 4.12. The van der Waals surface area contributed by atoms with Crippen molar-refractivity contribution in [2.24, 2.45) is 0 Å². The second-order valence-corrected chi connectivity index (χ2v) is 6.12. The topological polar surface area (TPSA) is 32.8 Å². The van der Waals surface area contributed by atoms with Crippen molar-refractivity contribution < 1.29 is 9.53 Å². The van der Waals surface area contributed by atoms with Gasteiger partial charge in [-0.2, -0.15) is 0 Å². The molecule has 5 heteroatoms. The minimum Gasteiger partial charge on any atom is -0.496 e. The lowest BCUT2D eigenvalue weighted by atomic mass is 10.2. The van der Waals surface area contributed by atoms with E-state index < -0.39 is 0 Å². The van der Waals surface area contributed by atoms with Crippen LogP contribution in [0.2, 0.25) is 0 Å². The van der Waals surface area contributed by atoms with Gasteiger partial charge in [-0.25, -0.2) is 0 Å². The molecule has 0 unspecified atom stereocenters. The van der Waals surface area contributed by atoms with Gasteiger partial charge < -0.3 is 14.5 Å². The van der Waals surface area contributed by atoms with Crippen LogP contribution in [0.15, 0.2) is 28.7 Å². The highest BCUT2D eigenvalue weighted by Crippen LogP contribution is 2.24. The lowest BCUT2D eigenvalue weighted by molar-refractivity contribution is -0.125. The number of carbonyl (C=O) groups is 1. The number of halogens is 1. The Morgan fingerprint density at radius 1 is 1.29 bits per heavy atom. The van der Waals surface area contributed by atoms with Gasteiger partial charge in [0.15, 0.2) is 0 Å². The number of benzene rings is 1. The largest absolute Gasteiger partial charge is 0.496 e. The van der Waals surface area contributed by atoms with E-state index >= 15 is 0 Å². The SMILES string of the molecule is COc1ccc(Br)cc1/C=C/C(=O)N1CCCN(C)CC1. The molecule has 0 bridgehead atoms. The lowest BCUT2D eigenvalue weighted by Crippen LogP contribution is -2.33. The van der Waals surface area contributed by atoms with Gasteiger partial charge in [0.25, 0.3) is 0 Å². The Kier molecular flexibility index (Phi) is 5.82. The highest BCUT2D eigenvalue weighted by atomic mass is 79.9. The Morgan fingerprint density at radius 2 is 2.10 bits per heavy atom. The van der Waals surface area contributed by atoms with Crippen LogP contribution in [0.25, 0.3) is 6.08 Å². The molecule has 0 saturated carbocycles. The summed E-state index contributed by atoms with van der Waals surface area (Å²) in [4.78, 5) is 16.4. The molecule has 0 N–H and O–H groups in total. The predicted molar refractivity (Wildman–Crippen MR) is 88.4 cm³/mol. The van der Waals surface area contributed by atoms with E-state index in [0.29, 0.717) is 0 Å². The zero-order valence-corrected chi connectivity index (χ0v) is 14.1. The van der Waals surface area contributed by atoms with Gasteiger partial charge in [0.05, 0.1) is 7.11 Å². The van der Waals surface area contributed by atoms with Crippen LogP contribution in [0.5, 0.6) is 5.75 Å². The third kappa shape index (κ3) is 4.58. The fourth-order valence-electron chi connectivity index (χ4n) is 2.37. The number of likely N-dealkylation sites (N-methyl/N-ethyl adjacent to an activating group) is 1. The van der Waals surface area contributed by atoms with Crippen LogP contribution in [0.4, 0.5) is 0 Å². The summed E-state index contributed by atoms with van der Waals surface area (Å²) >= 11 is 3.44. The smallest absolute Gasteiger partial charge is 0.246 e. The van der Waals surface area contributed by atoms with Gasteiger partial charge in [-0.1, -0.05) is 15.9 Å². The highest BCUT2D eigenvalue weighted by Gasteiger charge is 2.15. The second-order valence-electron chi connectivity index (χ2n) is 5.20. The maximum Gasteiger partial charge on any atom is 0.246 e. The maximum atomic E-state index is 12.3. The van der Waals surface area contributed by atoms with Crippen LogP contribution < -0.4 is 4.74 Å². The van der Waals surface area contributed by atoms with Gasteiger partial charge in [-0.15, -0.1) is 0 Å². The summed E-state index contributed by atoms with van der Waals surface area (Å²) in [6.45, 7) is 3.59. The van der Waals surface area contributed by atoms with Crippen molar-refractivity contribution in [1.29, 1.82) is 0 Å². The summed E-state index contributed by atoms with van der Waals surface area (Å²) in [5.74, 6) is 0.824. The molecule has 21 heavy (non-hydrogen) atoms. The summed E-state index contributed by atoms with van der Waals surface area (Å²) in [6, 6.07) is 5.75. The monoisotopic (exact) mass is 352 g/mol. The number of carbonyl (C=O) groups excluding carboxylic acids is 1. The van der Waals surface area contributed by atoms with Gasteiger partial charge in [-0.05, 0) is 44.3 Å². The Morgan fingerprint density at radius 3 is 2.86 bits per heavy atom. The van der Waals surface area contributed by atoms with Crippen molar-refractivity contribution in [2.45, 2.75) is 6.42 Å². The molecule has 0 atom stereocenters. The maximum absolute atomic E-state index is 12.3. The molecule has 1 aliphatic rings. The van der Waals surface area contributed by atoms with Crippen LogP contribution in [0.1, 0.15) is 12.0 Å². The number of methoxy groups -OCH3 is 1. The first-order valence-electron chi connectivity index (χ1n) is 7.09. The standard InChI is InChI=1S/C16H21BrN2O2/c1-18-8-3-9-19(11-10-18)16(20)7-4-13-12-14(17)5-6-15(13)21-2/h4-7,12H,3,8-11H2,1-2H3/b7-4+. The minimum atomic E-state index is 0.0623. The number of hydrogen-bond acceptors (Lipinski definition) is 3. The van der Waals surface area contributed by atoms with Crippen LogP contribution in [0, 0.1) is 0 Å². The van der Waals surface area contributed by atoms with Gasteiger partial charge in [0.2, 0.25) is 5.91 Å². The average molecular weight is 353 g/mol. The zero-order chi connectivity index (χ0) is 15.2. The van der Waals surface area contributed by atoms with E-state index in [9.17, 15) is 4.79 Å². The fourth-order valence-corrected chi connectivity index (χ4v) is 2.75. The molecular formula is C16H21BrN2O2. The molecule has 2 rings (SSSR count). The molecule has 1 saturated heterocycles. The summed E-state index contributed by atoms with van der Waals surface area (Å²) < 4.78 is 6.27. The minimum absolute atomic E-state index is 0.0623. The Hall–Kier alpha value is -1.33. The number of ether oxygens (including phenoxy) is 1. The van der Waals surface area contributed by atoms with E-state index in [2.05, 4.69) is 27.9 Å². The summed E-state index contributed by atoms with van der Waals surface area (Å²) in [7, 11) is 3.73. The Bertz CT molecular complexity index is 531. The molecule has 1 heterocycles. The van der Waals surface area contributed by atoms with Crippen LogP contribution in [-0.2, 0) is 4.79 Å². The van der Waals surface area contributed by atoms with Gasteiger partial charge >= 0.3 is 0 Å². The molecule has 0 aliphatic carbocycles. The van der Waals surface area contributed by atoms with E-state index in [1.165, 1.54) is 0 Å². The summed E-state index contributed by atoms with van der Waals surface area (Å²) in [5, 5.41) is 0. The third-order valence-electron chi connectivity index (χ3n) is 3.63. The van der Waals surface area contributed by atoms with E-state index in [1.54, 1.807) is 13.2 Å². The zero-order valence-electron chi connectivity index (χ0n) is 12.5. The van der Waals surface area contributed by atoms with E-state index in [4.69, 9.17) is 4.74 Å². The Balaban J connectivity index is 2.06. The molecule has 1 aliphatic heterocycles. The second kappa shape index (κ2) is 7.61. The fraction of sp³-hybridized carbons (Fsp3) is 0.438. The molecule has 0 radical (unpaired) electrons. The van der Waals surface area contributed by atoms with Crippen molar-refractivity contribution in [3.63, 3.8) is 0 Å². The quantitative estimate of drug-likeness (QED) is 0.784. The molecular weight excluding hydrogens is 332 g/mol. The van der Waals surface area contributed by atoms with Gasteiger partial charge in [0, 0.05) is 35.7 Å². The van der Waals surface area contributed by atoms with Crippen LogP contribution in [-0.4, -0.2) is 56.0 Å². The van der Waals surface area contributed by atoms with E-state index in [1.807, 2.05) is 29.2 Å². The van der Waals surface area contributed by atoms with Gasteiger partial charge in [0.1, 0.15) is 5.75 Å². The molecule has 1 aromatic carbocycles. The van der Waals surface area contributed by atoms with Crippen molar-refractivity contribution in [3.05, 3.63) is 34.3 Å². The van der Waals surface area contributed by atoms with Crippen molar-refractivity contribution >= 4 is 27.9 Å². The predicted octanol–water partition coefficient (Wildman–Crippen LogP) is 2.64. The molecule has 0 aromatic heterocycles. The first-order valence-corrected chi connectivity index (χ1v) is 7.88. The van der Waals surface area contributed by atoms with Crippen molar-refractivity contribution in [3.8, 4) is 5.75 Å². The molecule has 0 spiro atoms. The van der Waals surface area contributed by atoms with Gasteiger partial charge in [-0.3, -0.25) is 4.79 Å². The molecule has 114 valence electrons. The summed E-state index contributed by atoms with van der Waals surface area (Å²) in [6.07, 6.45) is 4.48. The Labute approximate surface area is 134 Å². The first kappa shape index (κ1) is 16.0. The number of nitrogens with zero attached hydrogens (tertiary/aromatic N) is 2. The van der Waals surface area contributed by atoms with Crippen LogP contribution >= 0.6 is 15.9 Å². The van der Waals surface area contributed by atoms with E-state index in [0.717, 1.165) is 48.4 Å². The highest BCUT2D eigenvalue weighted by molar-refractivity contribution is 9.10. The number of amides is 1. The number of rotatable bonds is 3.